The Bertz CT molecular complexity index is 732. The van der Waals surface area contributed by atoms with Gasteiger partial charge in [0, 0.05) is 23.8 Å². The lowest BCUT2D eigenvalue weighted by Crippen LogP contribution is -1.96. The molecule has 0 unspecified atom stereocenters. The van der Waals surface area contributed by atoms with Crippen molar-refractivity contribution in [3.63, 3.8) is 0 Å². The fraction of sp³-hybridized carbons (Fsp3) is 0.133. The zero-order valence-corrected chi connectivity index (χ0v) is 14.0. The van der Waals surface area contributed by atoms with E-state index in [1.54, 1.807) is 38.6 Å². The van der Waals surface area contributed by atoms with E-state index in [4.69, 9.17) is 9.47 Å². The van der Waals surface area contributed by atoms with E-state index in [0.29, 0.717) is 17.2 Å². The largest absolute Gasteiger partial charge is 0.496 e. The van der Waals surface area contributed by atoms with Gasteiger partial charge in [-0.2, -0.15) is 5.10 Å². The Morgan fingerprint density at radius 1 is 1.17 bits per heavy atom. The first-order chi connectivity index (χ1) is 11.0. The maximum Gasteiger partial charge on any atom is 0.269 e. The van der Waals surface area contributed by atoms with E-state index in [1.165, 1.54) is 12.1 Å². The van der Waals surface area contributed by atoms with Crippen LogP contribution in [0, 0.1) is 10.1 Å². The van der Waals surface area contributed by atoms with Crippen LogP contribution in [0.15, 0.2) is 46.0 Å². The molecule has 2 aromatic carbocycles. The summed E-state index contributed by atoms with van der Waals surface area (Å²) in [6.45, 7) is 0. The Kier molecular flexibility index (Phi) is 5.53. The number of nitro benzene ring substituents is 1. The van der Waals surface area contributed by atoms with E-state index in [0.717, 1.165) is 10.0 Å². The lowest BCUT2D eigenvalue weighted by molar-refractivity contribution is -0.384. The molecule has 8 heteroatoms. The van der Waals surface area contributed by atoms with Crippen molar-refractivity contribution < 1.29 is 14.4 Å². The number of hydrogen-bond donors (Lipinski definition) is 1. The first-order valence-corrected chi connectivity index (χ1v) is 7.29. The SMILES string of the molecule is COc1cc(OC)c(/C=N\Nc2ccc([N+](=O)[O-])cc2)cc1Br. The molecule has 0 aliphatic heterocycles. The van der Waals surface area contributed by atoms with Crippen molar-refractivity contribution in [2.24, 2.45) is 5.10 Å². The molecule has 0 heterocycles. The third-order valence-electron chi connectivity index (χ3n) is 2.98. The lowest BCUT2D eigenvalue weighted by atomic mass is 10.2. The number of hydrogen-bond acceptors (Lipinski definition) is 6. The number of ether oxygens (including phenoxy) is 2. The highest BCUT2D eigenvalue weighted by molar-refractivity contribution is 9.10. The van der Waals surface area contributed by atoms with Crippen LogP contribution in [0.3, 0.4) is 0 Å². The Labute approximate surface area is 141 Å². The molecular weight excluding hydrogens is 366 g/mol. The van der Waals surface area contributed by atoms with E-state index in [9.17, 15) is 10.1 Å². The van der Waals surface area contributed by atoms with Gasteiger partial charge in [0.2, 0.25) is 0 Å². The molecule has 0 spiro atoms. The summed E-state index contributed by atoms with van der Waals surface area (Å²) in [4.78, 5) is 10.1. The lowest BCUT2D eigenvalue weighted by Gasteiger charge is -2.09. The number of methoxy groups -OCH3 is 2. The highest BCUT2D eigenvalue weighted by Crippen LogP contribution is 2.32. The molecule has 0 aromatic heterocycles. The summed E-state index contributed by atoms with van der Waals surface area (Å²) >= 11 is 3.40. The zero-order chi connectivity index (χ0) is 16.8. The Morgan fingerprint density at radius 3 is 2.39 bits per heavy atom. The Morgan fingerprint density at radius 2 is 1.83 bits per heavy atom. The van der Waals surface area contributed by atoms with Gasteiger partial charge in [-0.1, -0.05) is 0 Å². The second-order valence-electron chi connectivity index (χ2n) is 4.40. The van der Waals surface area contributed by atoms with Gasteiger partial charge in [-0.15, -0.1) is 0 Å². The third kappa shape index (κ3) is 4.19. The average molecular weight is 380 g/mol. The molecule has 120 valence electrons. The number of anilines is 1. The molecule has 0 amide bonds. The van der Waals surface area contributed by atoms with Gasteiger partial charge in [0.05, 0.1) is 35.5 Å². The Balaban J connectivity index is 2.13. The maximum atomic E-state index is 10.6. The van der Waals surface area contributed by atoms with Crippen LogP contribution in [0.5, 0.6) is 11.5 Å². The molecule has 7 nitrogen and oxygen atoms in total. The van der Waals surface area contributed by atoms with Gasteiger partial charge in [0.1, 0.15) is 11.5 Å². The van der Waals surface area contributed by atoms with Crippen LogP contribution in [0.1, 0.15) is 5.56 Å². The van der Waals surface area contributed by atoms with Crippen LogP contribution in [0.4, 0.5) is 11.4 Å². The fourth-order valence-electron chi connectivity index (χ4n) is 1.82. The molecule has 0 fully saturated rings. The Hall–Kier alpha value is -2.61. The predicted octanol–water partition coefficient (Wildman–Crippen LogP) is 3.82. The number of rotatable bonds is 6. The van der Waals surface area contributed by atoms with E-state index >= 15 is 0 Å². The molecule has 2 aromatic rings. The quantitative estimate of drug-likeness (QED) is 0.468. The second-order valence-corrected chi connectivity index (χ2v) is 5.26. The first kappa shape index (κ1) is 16.8. The van der Waals surface area contributed by atoms with Crippen molar-refractivity contribution in [1.82, 2.24) is 0 Å². The molecule has 0 atom stereocenters. The van der Waals surface area contributed by atoms with Gasteiger partial charge < -0.3 is 9.47 Å². The van der Waals surface area contributed by atoms with Crippen LogP contribution < -0.4 is 14.9 Å². The highest BCUT2D eigenvalue weighted by Gasteiger charge is 2.08. The van der Waals surface area contributed by atoms with Crippen LogP contribution in [0.2, 0.25) is 0 Å². The van der Waals surface area contributed by atoms with Crippen molar-refractivity contribution in [3.8, 4) is 11.5 Å². The van der Waals surface area contributed by atoms with E-state index in [-0.39, 0.29) is 5.69 Å². The van der Waals surface area contributed by atoms with Crippen molar-refractivity contribution >= 4 is 33.5 Å². The van der Waals surface area contributed by atoms with Crippen molar-refractivity contribution in [1.29, 1.82) is 0 Å². The van der Waals surface area contributed by atoms with Gasteiger partial charge in [-0.05, 0) is 34.1 Å². The number of nitrogens with one attached hydrogen (secondary N) is 1. The number of halogens is 1. The van der Waals surface area contributed by atoms with E-state index < -0.39 is 4.92 Å². The molecule has 2 rings (SSSR count). The summed E-state index contributed by atoms with van der Waals surface area (Å²) in [6, 6.07) is 9.54. The molecule has 0 saturated heterocycles. The van der Waals surface area contributed by atoms with Gasteiger partial charge in [-0.25, -0.2) is 0 Å². The summed E-state index contributed by atoms with van der Waals surface area (Å²) in [6.07, 6.45) is 1.59. The van der Waals surface area contributed by atoms with Crippen molar-refractivity contribution in [2.45, 2.75) is 0 Å². The minimum Gasteiger partial charge on any atom is -0.496 e. The third-order valence-corrected chi connectivity index (χ3v) is 3.60. The average Bonchev–Trinajstić information content (AvgIpc) is 2.55. The number of nitrogens with zero attached hydrogens (tertiary/aromatic N) is 2. The molecule has 1 N–H and O–H groups in total. The monoisotopic (exact) mass is 379 g/mol. The summed E-state index contributed by atoms with van der Waals surface area (Å²) in [7, 11) is 3.13. The number of non-ortho nitro benzene ring substituents is 1. The first-order valence-electron chi connectivity index (χ1n) is 6.50. The van der Waals surface area contributed by atoms with Gasteiger partial charge in [-0.3, -0.25) is 15.5 Å². The van der Waals surface area contributed by atoms with E-state index in [1.807, 2.05) is 6.07 Å². The minimum atomic E-state index is -0.452. The topological polar surface area (TPSA) is 86.0 Å². The van der Waals surface area contributed by atoms with Crippen LogP contribution in [-0.4, -0.2) is 25.4 Å². The highest BCUT2D eigenvalue weighted by atomic mass is 79.9. The van der Waals surface area contributed by atoms with Gasteiger partial charge >= 0.3 is 0 Å². The summed E-state index contributed by atoms with van der Waals surface area (Å²) < 4.78 is 11.3. The molecule has 0 aliphatic rings. The summed E-state index contributed by atoms with van der Waals surface area (Å²) in [5.74, 6) is 1.27. The van der Waals surface area contributed by atoms with Gasteiger partial charge in [0.15, 0.2) is 0 Å². The number of hydrazone groups is 1. The zero-order valence-electron chi connectivity index (χ0n) is 12.4. The molecular formula is C15H14BrN3O4. The smallest absolute Gasteiger partial charge is 0.269 e. The number of benzene rings is 2. The van der Waals surface area contributed by atoms with Crippen molar-refractivity contribution in [2.75, 3.05) is 19.6 Å². The molecule has 0 saturated carbocycles. The van der Waals surface area contributed by atoms with E-state index in [2.05, 4.69) is 26.5 Å². The maximum absolute atomic E-state index is 10.6. The van der Waals surface area contributed by atoms with Crippen LogP contribution in [0.25, 0.3) is 0 Å². The summed E-state index contributed by atoms with van der Waals surface area (Å²) in [5, 5.41) is 14.7. The minimum absolute atomic E-state index is 0.0280. The molecule has 0 bridgehead atoms. The normalized spacial score (nSPS) is 10.6. The van der Waals surface area contributed by atoms with Crippen molar-refractivity contribution in [3.05, 3.63) is 56.5 Å². The van der Waals surface area contributed by atoms with Crippen LogP contribution >= 0.6 is 15.9 Å². The standard InChI is InChI=1S/C15H14BrN3O4/c1-22-14-8-15(23-2)13(16)7-10(14)9-17-18-11-3-5-12(6-4-11)19(20)21/h3-9,18H,1-2H3/b17-9-. The molecule has 0 radical (unpaired) electrons. The van der Waals surface area contributed by atoms with Crippen LogP contribution in [-0.2, 0) is 0 Å². The molecule has 23 heavy (non-hydrogen) atoms. The number of nitro groups is 1. The fourth-order valence-corrected chi connectivity index (χ4v) is 2.34. The summed E-state index contributed by atoms with van der Waals surface area (Å²) in [5.41, 5.74) is 4.21. The molecule has 0 aliphatic carbocycles. The predicted molar refractivity (Wildman–Crippen MR) is 91.6 cm³/mol. The van der Waals surface area contributed by atoms with Gasteiger partial charge in [0.25, 0.3) is 5.69 Å². The second kappa shape index (κ2) is 7.59.